The zero-order valence-corrected chi connectivity index (χ0v) is 13.6. The third kappa shape index (κ3) is 5.64. The number of benzene rings is 2. The number of nitrogens with one attached hydrogen (secondary N) is 2. The number of nitrogens with zero attached hydrogens (tertiary/aromatic N) is 1. The molecule has 0 saturated heterocycles. The van der Waals surface area contributed by atoms with Crippen LogP contribution in [0.1, 0.15) is 5.56 Å². The molecule has 0 fully saturated rings. The first-order chi connectivity index (χ1) is 11.3. The predicted molar refractivity (Wildman–Crippen MR) is 93.0 cm³/mol. The van der Waals surface area contributed by atoms with Crippen LogP contribution in [0.5, 0.6) is 11.5 Å². The van der Waals surface area contributed by atoms with Gasteiger partial charge in [-0.15, -0.1) is 0 Å². The molecule has 0 heterocycles. The molecule has 0 bridgehead atoms. The third-order valence-electron chi connectivity index (χ3n) is 3.21. The van der Waals surface area contributed by atoms with Gasteiger partial charge in [-0.25, -0.2) is 0 Å². The minimum absolute atomic E-state index is 0.621. The van der Waals surface area contributed by atoms with E-state index < -0.39 is 0 Å². The number of para-hydroxylation sites is 2. The van der Waals surface area contributed by atoms with Crippen molar-refractivity contribution < 1.29 is 9.47 Å². The second-order valence-corrected chi connectivity index (χ2v) is 4.87. The van der Waals surface area contributed by atoms with Crippen molar-refractivity contribution in [3.63, 3.8) is 0 Å². The van der Waals surface area contributed by atoms with Gasteiger partial charge in [0.05, 0.1) is 6.61 Å². The predicted octanol–water partition coefficient (Wildman–Crippen LogP) is 2.79. The van der Waals surface area contributed by atoms with Gasteiger partial charge in [-0.05, 0) is 18.2 Å². The van der Waals surface area contributed by atoms with Gasteiger partial charge in [0.2, 0.25) is 0 Å². The molecule has 122 valence electrons. The summed E-state index contributed by atoms with van der Waals surface area (Å²) in [5.41, 5.74) is 1.06. The zero-order chi connectivity index (χ0) is 16.3. The minimum Gasteiger partial charge on any atom is -0.457 e. The topological polar surface area (TPSA) is 54.9 Å². The Morgan fingerprint density at radius 1 is 1.00 bits per heavy atom. The highest BCUT2D eigenvalue weighted by Crippen LogP contribution is 2.24. The van der Waals surface area contributed by atoms with Crippen LogP contribution >= 0.6 is 0 Å². The van der Waals surface area contributed by atoms with Crippen molar-refractivity contribution in [2.75, 3.05) is 27.3 Å². The van der Waals surface area contributed by atoms with E-state index in [9.17, 15) is 0 Å². The number of guanidine groups is 1. The molecule has 23 heavy (non-hydrogen) atoms. The molecule has 2 aromatic carbocycles. The van der Waals surface area contributed by atoms with E-state index in [2.05, 4.69) is 15.6 Å². The lowest BCUT2D eigenvalue weighted by molar-refractivity contribution is 0.203. The molecule has 5 nitrogen and oxygen atoms in total. The molecule has 0 aliphatic rings. The highest BCUT2D eigenvalue weighted by molar-refractivity contribution is 5.79. The number of methoxy groups -OCH3 is 1. The highest BCUT2D eigenvalue weighted by atomic mass is 16.5. The van der Waals surface area contributed by atoms with Crippen molar-refractivity contribution in [2.45, 2.75) is 6.54 Å². The number of aliphatic imine (C=N–C) groups is 1. The van der Waals surface area contributed by atoms with Crippen LogP contribution < -0.4 is 15.4 Å². The van der Waals surface area contributed by atoms with Crippen molar-refractivity contribution in [3.8, 4) is 11.5 Å². The first-order valence-electron chi connectivity index (χ1n) is 7.57. The summed E-state index contributed by atoms with van der Waals surface area (Å²) in [4.78, 5) is 4.19. The number of ether oxygens (including phenoxy) is 2. The van der Waals surface area contributed by atoms with Crippen molar-refractivity contribution >= 4 is 5.96 Å². The molecule has 2 aromatic rings. The summed E-state index contributed by atoms with van der Waals surface area (Å²) in [5, 5.41) is 6.46. The first-order valence-corrected chi connectivity index (χ1v) is 7.57. The lowest BCUT2D eigenvalue weighted by Gasteiger charge is -2.14. The van der Waals surface area contributed by atoms with Crippen molar-refractivity contribution in [2.24, 2.45) is 4.99 Å². The molecular formula is C18H23N3O2. The lowest BCUT2D eigenvalue weighted by Crippen LogP contribution is -2.38. The molecule has 2 rings (SSSR count). The Morgan fingerprint density at radius 2 is 1.74 bits per heavy atom. The van der Waals surface area contributed by atoms with Crippen LogP contribution in [-0.2, 0) is 11.3 Å². The number of hydrogen-bond donors (Lipinski definition) is 2. The number of hydrogen-bond acceptors (Lipinski definition) is 3. The van der Waals surface area contributed by atoms with E-state index in [1.165, 1.54) is 0 Å². The second-order valence-electron chi connectivity index (χ2n) is 4.87. The van der Waals surface area contributed by atoms with Gasteiger partial charge >= 0.3 is 0 Å². The molecular weight excluding hydrogens is 290 g/mol. The van der Waals surface area contributed by atoms with Crippen molar-refractivity contribution in [3.05, 3.63) is 60.2 Å². The fourth-order valence-corrected chi connectivity index (χ4v) is 2.04. The number of rotatable bonds is 7. The van der Waals surface area contributed by atoms with Crippen molar-refractivity contribution in [1.29, 1.82) is 0 Å². The fraction of sp³-hybridized carbons (Fsp3) is 0.278. The molecule has 0 radical (unpaired) electrons. The highest BCUT2D eigenvalue weighted by Gasteiger charge is 2.05. The zero-order valence-electron chi connectivity index (χ0n) is 13.6. The Kier molecular flexibility index (Phi) is 6.94. The second kappa shape index (κ2) is 9.48. The Balaban J connectivity index is 1.97. The smallest absolute Gasteiger partial charge is 0.191 e. The minimum atomic E-state index is 0.621. The van der Waals surface area contributed by atoms with Crippen molar-refractivity contribution in [1.82, 2.24) is 10.6 Å². The Hall–Kier alpha value is -2.53. The van der Waals surface area contributed by atoms with Gasteiger partial charge in [-0.2, -0.15) is 0 Å². The van der Waals surface area contributed by atoms with E-state index in [-0.39, 0.29) is 0 Å². The Morgan fingerprint density at radius 3 is 2.48 bits per heavy atom. The average Bonchev–Trinajstić information content (AvgIpc) is 2.60. The largest absolute Gasteiger partial charge is 0.457 e. The summed E-state index contributed by atoms with van der Waals surface area (Å²) in [6.07, 6.45) is 0. The van der Waals surface area contributed by atoms with Gasteiger partial charge in [-0.1, -0.05) is 36.4 Å². The third-order valence-corrected chi connectivity index (χ3v) is 3.21. The average molecular weight is 313 g/mol. The van der Waals surface area contributed by atoms with Gasteiger partial charge in [-0.3, -0.25) is 4.99 Å². The van der Waals surface area contributed by atoms with E-state index in [0.29, 0.717) is 19.7 Å². The van der Waals surface area contributed by atoms with E-state index >= 15 is 0 Å². The molecule has 0 aromatic heterocycles. The summed E-state index contributed by atoms with van der Waals surface area (Å²) < 4.78 is 11.0. The maximum absolute atomic E-state index is 5.95. The molecule has 2 N–H and O–H groups in total. The van der Waals surface area contributed by atoms with Gasteiger partial charge in [0.15, 0.2) is 5.96 Å². The SMILES string of the molecule is CN=C(NCCOC)NCc1ccccc1Oc1ccccc1. The van der Waals surface area contributed by atoms with E-state index in [1.807, 2.05) is 54.6 Å². The molecule has 0 amide bonds. The Labute approximate surface area is 137 Å². The molecule has 0 atom stereocenters. The van der Waals surface area contributed by atoms with Crippen LogP contribution in [0.25, 0.3) is 0 Å². The monoisotopic (exact) mass is 313 g/mol. The molecule has 5 heteroatoms. The maximum atomic E-state index is 5.95. The summed E-state index contributed by atoms with van der Waals surface area (Å²) in [6.45, 7) is 1.96. The van der Waals surface area contributed by atoms with Crippen LogP contribution in [-0.4, -0.2) is 33.3 Å². The molecule has 0 aliphatic carbocycles. The van der Waals surface area contributed by atoms with E-state index in [0.717, 1.165) is 23.0 Å². The first kappa shape index (κ1) is 16.8. The normalized spacial score (nSPS) is 11.1. The van der Waals surface area contributed by atoms with Crippen LogP contribution in [0.15, 0.2) is 59.6 Å². The molecule has 0 saturated carbocycles. The van der Waals surface area contributed by atoms with E-state index in [1.54, 1.807) is 14.2 Å². The van der Waals surface area contributed by atoms with Crippen LogP contribution in [0.4, 0.5) is 0 Å². The molecule has 0 spiro atoms. The summed E-state index contributed by atoms with van der Waals surface area (Å²) >= 11 is 0. The van der Waals surface area contributed by atoms with Crippen LogP contribution in [0, 0.1) is 0 Å². The summed E-state index contributed by atoms with van der Waals surface area (Å²) in [6, 6.07) is 17.7. The van der Waals surface area contributed by atoms with E-state index in [4.69, 9.17) is 9.47 Å². The molecule has 0 aliphatic heterocycles. The maximum Gasteiger partial charge on any atom is 0.191 e. The standard InChI is InChI=1S/C18H23N3O2/c1-19-18(20-12-13-22-2)21-14-15-8-6-7-11-17(15)23-16-9-4-3-5-10-16/h3-11H,12-14H2,1-2H3,(H2,19,20,21). The van der Waals surface area contributed by atoms with Gasteiger partial charge in [0, 0.05) is 32.8 Å². The molecule has 0 unspecified atom stereocenters. The van der Waals surface area contributed by atoms with Gasteiger partial charge in [0.25, 0.3) is 0 Å². The Bertz CT molecular complexity index is 615. The quantitative estimate of drug-likeness (QED) is 0.469. The lowest BCUT2D eigenvalue weighted by atomic mass is 10.2. The summed E-state index contributed by atoms with van der Waals surface area (Å²) in [7, 11) is 3.42. The fourth-order valence-electron chi connectivity index (χ4n) is 2.04. The van der Waals surface area contributed by atoms with Gasteiger partial charge in [0.1, 0.15) is 11.5 Å². The van der Waals surface area contributed by atoms with Gasteiger partial charge < -0.3 is 20.1 Å². The van der Waals surface area contributed by atoms with Crippen LogP contribution in [0.2, 0.25) is 0 Å². The van der Waals surface area contributed by atoms with Crippen LogP contribution in [0.3, 0.4) is 0 Å². The summed E-state index contributed by atoms with van der Waals surface area (Å²) in [5.74, 6) is 2.39.